The fourth-order valence-corrected chi connectivity index (χ4v) is 3.27. The molecule has 2 N–H and O–H groups in total. The first kappa shape index (κ1) is 15.1. The summed E-state index contributed by atoms with van der Waals surface area (Å²) in [6.07, 6.45) is 0. The molecule has 7 heteroatoms. The molecule has 25 heavy (non-hydrogen) atoms. The van der Waals surface area contributed by atoms with Crippen molar-refractivity contribution in [3.63, 3.8) is 0 Å². The van der Waals surface area contributed by atoms with Crippen LogP contribution in [0.1, 0.15) is 0 Å². The van der Waals surface area contributed by atoms with Crippen molar-refractivity contribution in [2.24, 2.45) is 0 Å². The third kappa shape index (κ3) is 1.86. The first-order valence-corrected chi connectivity index (χ1v) is 7.54. The third-order valence-electron chi connectivity index (χ3n) is 4.47. The van der Waals surface area contributed by atoms with Crippen LogP contribution in [0.2, 0.25) is 0 Å². The second-order valence-electron chi connectivity index (χ2n) is 5.69. The van der Waals surface area contributed by atoms with Gasteiger partial charge in [0.2, 0.25) is 0 Å². The molecular weight excluding hydrogens is 324 g/mol. The number of rotatable bonds is 2. The largest absolute Gasteiger partial charge is 0.388 e. The molecule has 0 radical (unpaired) electrons. The van der Waals surface area contributed by atoms with Crippen LogP contribution in [0.4, 0.5) is 11.4 Å². The molecule has 124 valence electrons. The van der Waals surface area contributed by atoms with E-state index in [1.807, 2.05) is 0 Å². The molecule has 3 aromatic carbocycles. The predicted octanol–water partition coefficient (Wildman–Crippen LogP) is 1.14. The van der Waals surface area contributed by atoms with Crippen LogP contribution in [0.5, 0.6) is 0 Å². The first-order chi connectivity index (χ1) is 12.0. The number of anilines is 2. The van der Waals surface area contributed by atoms with Crippen molar-refractivity contribution in [1.29, 1.82) is 0 Å². The number of nitrogens with one attached hydrogen (secondary N) is 2. The molecule has 0 unspecified atom stereocenters. The maximum Gasteiger partial charge on any atom is 0.346 e. The van der Waals surface area contributed by atoms with Crippen molar-refractivity contribution in [3.8, 4) is 0 Å². The van der Waals surface area contributed by atoms with E-state index in [-0.39, 0.29) is 43.2 Å². The van der Waals surface area contributed by atoms with Crippen LogP contribution in [0.15, 0.2) is 47.9 Å². The van der Waals surface area contributed by atoms with E-state index in [2.05, 4.69) is 15.1 Å². The van der Waals surface area contributed by atoms with Gasteiger partial charge in [-0.1, -0.05) is 0 Å². The van der Waals surface area contributed by atoms with E-state index < -0.39 is 11.3 Å². The molecular formula is C18H12N2O5. The molecule has 0 saturated heterocycles. The zero-order valence-corrected chi connectivity index (χ0v) is 13.4. The summed E-state index contributed by atoms with van der Waals surface area (Å²) in [5, 5.41) is 6.49. The SMILES string of the molecule is CNc1ccc(NC)c2c(=O)c3cc4c(=O)oc(=O)c4cc3c(=O)c12. The molecule has 0 saturated carbocycles. The Morgan fingerprint density at radius 1 is 0.680 bits per heavy atom. The van der Waals surface area contributed by atoms with Gasteiger partial charge in [-0.25, -0.2) is 9.59 Å². The minimum atomic E-state index is -0.813. The summed E-state index contributed by atoms with van der Waals surface area (Å²) in [6, 6.07) is 5.94. The maximum atomic E-state index is 13.0. The smallest absolute Gasteiger partial charge is 0.346 e. The van der Waals surface area contributed by atoms with Crippen LogP contribution in [-0.2, 0) is 0 Å². The normalized spacial score (nSPS) is 11.4. The fraction of sp³-hybridized carbons (Fsp3) is 0.111. The first-order valence-electron chi connectivity index (χ1n) is 7.54. The van der Waals surface area contributed by atoms with Gasteiger partial charge in [0, 0.05) is 36.2 Å². The molecule has 4 aromatic rings. The summed E-state index contributed by atoms with van der Waals surface area (Å²) in [7, 11) is 3.31. The molecule has 1 aromatic heterocycles. The lowest BCUT2D eigenvalue weighted by Crippen LogP contribution is -2.16. The van der Waals surface area contributed by atoms with Gasteiger partial charge in [0.25, 0.3) is 0 Å². The van der Waals surface area contributed by atoms with Crippen LogP contribution >= 0.6 is 0 Å². The Hall–Kier alpha value is -3.48. The van der Waals surface area contributed by atoms with Gasteiger partial charge in [-0.15, -0.1) is 0 Å². The summed E-state index contributed by atoms with van der Waals surface area (Å²) in [5.74, 6) is 0. The molecule has 4 rings (SSSR count). The van der Waals surface area contributed by atoms with Gasteiger partial charge >= 0.3 is 11.3 Å². The Morgan fingerprint density at radius 3 is 1.44 bits per heavy atom. The molecule has 0 aliphatic carbocycles. The molecule has 0 fully saturated rings. The van der Waals surface area contributed by atoms with Crippen molar-refractivity contribution in [2.75, 3.05) is 24.7 Å². The zero-order valence-electron chi connectivity index (χ0n) is 13.4. The zero-order chi connectivity index (χ0) is 17.9. The second kappa shape index (κ2) is 5.01. The van der Waals surface area contributed by atoms with Gasteiger partial charge in [0.05, 0.1) is 21.5 Å². The van der Waals surface area contributed by atoms with Crippen LogP contribution in [-0.4, -0.2) is 14.1 Å². The number of furan rings is 1. The second-order valence-corrected chi connectivity index (χ2v) is 5.69. The topological polar surface area (TPSA) is 105 Å². The average Bonchev–Trinajstić information content (AvgIpc) is 2.90. The number of hydrogen-bond donors (Lipinski definition) is 2. The van der Waals surface area contributed by atoms with Crippen LogP contribution < -0.4 is 32.7 Å². The van der Waals surface area contributed by atoms with E-state index in [0.717, 1.165) is 0 Å². The van der Waals surface area contributed by atoms with E-state index in [9.17, 15) is 19.2 Å². The van der Waals surface area contributed by atoms with Gasteiger partial charge in [-0.3, -0.25) is 9.59 Å². The van der Waals surface area contributed by atoms with Gasteiger partial charge in [0.1, 0.15) is 0 Å². The van der Waals surface area contributed by atoms with Gasteiger partial charge in [-0.2, -0.15) is 0 Å². The molecule has 0 aliphatic heterocycles. The summed E-state index contributed by atoms with van der Waals surface area (Å²) >= 11 is 0. The van der Waals surface area contributed by atoms with Crippen LogP contribution in [0.25, 0.3) is 32.3 Å². The molecule has 7 nitrogen and oxygen atoms in total. The van der Waals surface area contributed by atoms with Crippen LogP contribution in [0.3, 0.4) is 0 Å². The van der Waals surface area contributed by atoms with Gasteiger partial charge in [0.15, 0.2) is 10.9 Å². The maximum absolute atomic E-state index is 13.0. The highest BCUT2D eigenvalue weighted by molar-refractivity contribution is 6.10. The number of fused-ring (bicyclic) bond motifs is 3. The lowest BCUT2D eigenvalue weighted by atomic mass is 9.98. The van der Waals surface area contributed by atoms with Crippen molar-refractivity contribution in [1.82, 2.24) is 0 Å². The molecule has 0 aliphatic rings. The van der Waals surface area contributed by atoms with E-state index in [4.69, 9.17) is 0 Å². The summed E-state index contributed by atoms with van der Waals surface area (Å²) < 4.78 is 4.56. The lowest BCUT2D eigenvalue weighted by Gasteiger charge is -2.10. The van der Waals surface area contributed by atoms with Gasteiger partial charge in [-0.05, 0) is 24.3 Å². The van der Waals surface area contributed by atoms with E-state index >= 15 is 0 Å². The van der Waals surface area contributed by atoms with E-state index in [1.165, 1.54) is 12.1 Å². The molecule has 0 atom stereocenters. The predicted molar refractivity (Wildman–Crippen MR) is 97.8 cm³/mol. The summed E-state index contributed by atoms with van der Waals surface area (Å²) in [6.45, 7) is 0. The minimum Gasteiger partial charge on any atom is -0.388 e. The molecule has 0 bridgehead atoms. The molecule has 0 spiro atoms. The average molecular weight is 336 g/mol. The minimum absolute atomic E-state index is 0.00382. The van der Waals surface area contributed by atoms with Crippen molar-refractivity contribution in [3.05, 3.63) is 65.6 Å². The number of hydrogen-bond acceptors (Lipinski definition) is 7. The Balaban J connectivity index is 2.40. The van der Waals surface area contributed by atoms with Crippen molar-refractivity contribution >= 4 is 43.7 Å². The van der Waals surface area contributed by atoms with Crippen molar-refractivity contribution < 1.29 is 4.42 Å². The Labute approximate surface area is 139 Å². The quantitative estimate of drug-likeness (QED) is 0.529. The fourth-order valence-electron chi connectivity index (χ4n) is 3.27. The highest BCUT2D eigenvalue weighted by Gasteiger charge is 2.19. The Morgan fingerprint density at radius 2 is 1.08 bits per heavy atom. The Kier molecular flexibility index (Phi) is 3.02. The molecule has 1 heterocycles. The van der Waals surface area contributed by atoms with E-state index in [1.54, 1.807) is 26.2 Å². The highest BCUT2D eigenvalue weighted by atomic mass is 16.4. The summed E-state index contributed by atoms with van der Waals surface area (Å²) in [5.41, 5.74) is -1.38. The van der Waals surface area contributed by atoms with Crippen molar-refractivity contribution in [2.45, 2.75) is 0 Å². The van der Waals surface area contributed by atoms with E-state index in [0.29, 0.717) is 11.4 Å². The standard InChI is InChI=1S/C18H12N2O5/c1-19-11-3-4-12(20-2)14-13(11)15(21)7-5-9-10(6-8(7)16(14)22)18(24)25-17(9)23/h3-6,19-20H,1-2H3. The van der Waals surface area contributed by atoms with Crippen LogP contribution in [0, 0.1) is 0 Å². The summed E-state index contributed by atoms with van der Waals surface area (Å²) in [4.78, 5) is 49.6. The third-order valence-corrected chi connectivity index (χ3v) is 4.47. The van der Waals surface area contributed by atoms with Gasteiger partial charge < -0.3 is 15.1 Å². The lowest BCUT2D eigenvalue weighted by molar-refractivity contribution is 0.500. The monoisotopic (exact) mass is 336 g/mol. The highest BCUT2D eigenvalue weighted by Crippen LogP contribution is 2.27. The number of benzene rings is 3. The molecule has 0 amide bonds. The Bertz CT molecular complexity index is 1290.